The molecule has 38 heavy (non-hydrogen) atoms. The van der Waals surface area contributed by atoms with Gasteiger partial charge in [-0.3, -0.25) is 14.6 Å². The molecule has 0 radical (unpaired) electrons. The molecule has 1 aliphatic carbocycles. The summed E-state index contributed by atoms with van der Waals surface area (Å²) >= 11 is 0. The lowest BCUT2D eigenvalue weighted by molar-refractivity contribution is -0.198. The van der Waals surface area contributed by atoms with Gasteiger partial charge in [0.15, 0.2) is 6.29 Å². The number of ether oxygens (including phenoxy) is 2. The number of carbonyl (C=O) groups excluding carboxylic acids is 2. The van der Waals surface area contributed by atoms with Crippen LogP contribution in [-0.4, -0.2) is 66.1 Å². The first-order chi connectivity index (χ1) is 18.3. The maximum absolute atomic E-state index is 13.3. The van der Waals surface area contributed by atoms with Crippen LogP contribution in [-0.2, 0) is 19.1 Å². The Balaban J connectivity index is 1.38. The number of allylic oxidation sites excluding steroid dienone is 1. The number of amides is 2. The molecular formula is C29H42N4O5. The van der Waals surface area contributed by atoms with E-state index in [9.17, 15) is 9.59 Å². The van der Waals surface area contributed by atoms with E-state index in [1.54, 1.807) is 23.2 Å². The summed E-state index contributed by atoms with van der Waals surface area (Å²) in [6.07, 6.45) is 14.8. The lowest BCUT2D eigenvalue weighted by atomic mass is 9.99. The van der Waals surface area contributed by atoms with Crippen LogP contribution in [0.4, 0.5) is 10.6 Å². The molecule has 4 rings (SSSR count). The second-order valence-corrected chi connectivity index (χ2v) is 11.3. The van der Waals surface area contributed by atoms with Gasteiger partial charge in [0.25, 0.3) is 5.91 Å². The molecule has 0 spiro atoms. The molecule has 0 saturated carbocycles. The average Bonchev–Trinajstić information content (AvgIpc) is 3.35. The first-order valence-electron chi connectivity index (χ1n) is 13.9. The summed E-state index contributed by atoms with van der Waals surface area (Å²) in [5.41, 5.74) is 4.05. The number of likely N-dealkylation sites (tertiary alicyclic amines) is 1. The fourth-order valence-electron chi connectivity index (χ4n) is 5.02. The lowest BCUT2D eigenvalue weighted by Crippen LogP contribution is -2.45. The minimum absolute atomic E-state index is 0.0205. The Hall–Kier alpha value is -2.75. The SMILES string of the molecule is CC(C)(C)OC(=O)N(c1ccc(/C=C/C(=O)NOC2CCCCO2)cn1)[C@@H]1CCN(CC2=CCCCC2)C1. The number of hydrogen-bond acceptors (Lipinski definition) is 7. The number of rotatable bonds is 8. The molecule has 2 saturated heterocycles. The minimum Gasteiger partial charge on any atom is -0.443 e. The number of nitrogens with one attached hydrogen (secondary N) is 1. The first kappa shape index (κ1) is 28.3. The monoisotopic (exact) mass is 526 g/mol. The zero-order valence-electron chi connectivity index (χ0n) is 23.0. The van der Waals surface area contributed by atoms with Crippen molar-refractivity contribution in [2.24, 2.45) is 0 Å². The summed E-state index contributed by atoms with van der Waals surface area (Å²) in [6, 6.07) is 3.63. The van der Waals surface area contributed by atoms with Crippen LogP contribution in [0.3, 0.4) is 0 Å². The predicted molar refractivity (Wildman–Crippen MR) is 146 cm³/mol. The van der Waals surface area contributed by atoms with Gasteiger partial charge >= 0.3 is 6.09 Å². The van der Waals surface area contributed by atoms with Crippen LogP contribution < -0.4 is 10.4 Å². The zero-order valence-corrected chi connectivity index (χ0v) is 23.0. The molecule has 3 aliphatic rings. The highest BCUT2D eigenvalue weighted by Gasteiger charge is 2.35. The lowest BCUT2D eigenvalue weighted by Gasteiger charge is -2.31. The van der Waals surface area contributed by atoms with Crippen molar-refractivity contribution >= 4 is 23.9 Å². The van der Waals surface area contributed by atoms with E-state index in [2.05, 4.69) is 21.4 Å². The van der Waals surface area contributed by atoms with Crippen molar-refractivity contribution in [3.05, 3.63) is 41.6 Å². The molecule has 9 heteroatoms. The third-order valence-electron chi connectivity index (χ3n) is 6.89. The molecule has 1 N–H and O–H groups in total. The summed E-state index contributed by atoms with van der Waals surface area (Å²) < 4.78 is 11.2. The van der Waals surface area contributed by atoms with Gasteiger partial charge < -0.3 is 9.47 Å². The second-order valence-electron chi connectivity index (χ2n) is 11.3. The van der Waals surface area contributed by atoms with Gasteiger partial charge in [-0.15, -0.1) is 0 Å². The third-order valence-corrected chi connectivity index (χ3v) is 6.89. The molecule has 1 unspecified atom stereocenters. The maximum atomic E-state index is 13.3. The van der Waals surface area contributed by atoms with Gasteiger partial charge in [0.05, 0.1) is 6.04 Å². The van der Waals surface area contributed by atoms with Crippen LogP contribution in [0.15, 0.2) is 36.1 Å². The molecule has 9 nitrogen and oxygen atoms in total. The number of nitrogens with zero attached hydrogens (tertiary/aromatic N) is 3. The fourth-order valence-corrected chi connectivity index (χ4v) is 5.02. The van der Waals surface area contributed by atoms with E-state index >= 15 is 0 Å². The van der Waals surface area contributed by atoms with E-state index in [0.717, 1.165) is 50.9 Å². The molecule has 1 aromatic heterocycles. The predicted octanol–water partition coefficient (Wildman–Crippen LogP) is 4.99. The Morgan fingerprint density at radius 2 is 2.08 bits per heavy atom. The van der Waals surface area contributed by atoms with Gasteiger partial charge in [-0.2, -0.15) is 0 Å². The molecule has 2 atom stereocenters. The molecule has 1 aromatic rings. The van der Waals surface area contributed by atoms with Crippen molar-refractivity contribution in [1.82, 2.24) is 15.4 Å². The number of hydroxylamine groups is 1. The first-order valence-corrected chi connectivity index (χ1v) is 13.9. The van der Waals surface area contributed by atoms with Gasteiger partial charge in [0.1, 0.15) is 11.4 Å². The minimum atomic E-state index is -0.610. The molecule has 2 amide bonds. The van der Waals surface area contributed by atoms with Crippen molar-refractivity contribution < 1.29 is 23.9 Å². The fraction of sp³-hybridized carbons (Fsp3) is 0.621. The standard InChI is InChI=1S/C29H42N4O5/c1-29(2,3)37-28(35)33(24-16-17-32(21-24)20-23-9-5-4-6-10-23)25-14-12-22(19-30-25)13-15-26(34)31-38-27-11-7-8-18-36-27/h9,12-15,19,24,27H,4-8,10-11,16-18,20-21H2,1-3H3,(H,31,34)/b15-13+/t24-,27?/m1/s1. The van der Waals surface area contributed by atoms with Crippen molar-refractivity contribution in [3.63, 3.8) is 0 Å². The average molecular weight is 527 g/mol. The Bertz CT molecular complexity index is 995. The summed E-state index contributed by atoms with van der Waals surface area (Å²) in [5, 5.41) is 0. The highest BCUT2D eigenvalue weighted by molar-refractivity contribution is 5.91. The van der Waals surface area contributed by atoms with Crippen molar-refractivity contribution in [2.75, 3.05) is 31.1 Å². The normalized spacial score (nSPS) is 22.8. The van der Waals surface area contributed by atoms with E-state index in [1.807, 2.05) is 26.8 Å². The van der Waals surface area contributed by atoms with E-state index < -0.39 is 18.0 Å². The number of hydrogen-bond donors (Lipinski definition) is 1. The maximum Gasteiger partial charge on any atom is 0.416 e. The van der Waals surface area contributed by atoms with Gasteiger partial charge in [-0.1, -0.05) is 11.6 Å². The smallest absolute Gasteiger partial charge is 0.416 e. The topological polar surface area (TPSA) is 93.2 Å². The van der Waals surface area contributed by atoms with Crippen molar-refractivity contribution in [3.8, 4) is 0 Å². The molecule has 3 heterocycles. The highest BCUT2D eigenvalue weighted by atomic mass is 16.8. The number of anilines is 1. The van der Waals surface area contributed by atoms with Crippen LogP contribution >= 0.6 is 0 Å². The molecule has 0 aromatic carbocycles. The summed E-state index contributed by atoms with van der Waals surface area (Å²) in [4.78, 5) is 39.4. The number of pyridine rings is 1. The van der Waals surface area contributed by atoms with E-state index in [4.69, 9.17) is 14.3 Å². The van der Waals surface area contributed by atoms with Crippen LogP contribution in [0.2, 0.25) is 0 Å². The Labute approximate surface area is 226 Å². The molecular weight excluding hydrogens is 484 g/mol. The number of carbonyl (C=O) groups is 2. The van der Waals surface area contributed by atoms with Crippen LogP contribution in [0, 0.1) is 0 Å². The van der Waals surface area contributed by atoms with Gasteiger partial charge in [0, 0.05) is 44.9 Å². The second kappa shape index (κ2) is 13.4. The van der Waals surface area contributed by atoms with Crippen molar-refractivity contribution in [1.29, 1.82) is 0 Å². The third kappa shape index (κ3) is 8.64. The molecule has 208 valence electrons. The van der Waals surface area contributed by atoms with Crippen LogP contribution in [0.25, 0.3) is 6.08 Å². The van der Waals surface area contributed by atoms with Gasteiger partial charge in [0.2, 0.25) is 0 Å². The van der Waals surface area contributed by atoms with Crippen LogP contribution in [0.1, 0.15) is 77.7 Å². The van der Waals surface area contributed by atoms with Crippen molar-refractivity contribution in [2.45, 2.75) is 90.1 Å². The summed E-state index contributed by atoms with van der Waals surface area (Å²) in [5.74, 6) is 0.167. The van der Waals surface area contributed by atoms with E-state index in [-0.39, 0.29) is 11.9 Å². The van der Waals surface area contributed by atoms with Gasteiger partial charge in [-0.25, -0.2) is 20.1 Å². The largest absolute Gasteiger partial charge is 0.443 e. The Kier molecular flexibility index (Phi) is 9.93. The van der Waals surface area contributed by atoms with E-state index in [0.29, 0.717) is 12.4 Å². The van der Waals surface area contributed by atoms with E-state index in [1.165, 1.54) is 37.3 Å². The zero-order chi connectivity index (χ0) is 27.0. The highest BCUT2D eigenvalue weighted by Crippen LogP contribution is 2.27. The number of aromatic nitrogens is 1. The molecule has 2 fully saturated rings. The van der Waals surface area contributed by atoms with Gasteiger partial charge in [-0.05, 0) is 89.5 Å². The Morgan fingerprint density at radius 1 is 1.21 bits per heavy atom. The summed E-state index contributed by atoms with van der Waals surface area (Å²) in [6.45, 7) is 8.94. The quantitative estimate of drug-likeness (QED) is 0.290. The molecule has 0 bridgehead atoms. The van der Waals surface area contributed by atoms with Crippen LogP contribution in [0.5, 0.6) is 0 Å². The Morgan fingerprint density at radius 3 is 2.76 bits per heavy atom. The molecule has 2 aliphatic heterocycles. The summed E-state index contributed by atoms with van der Waals surface area (Å²) in [7, 11) is 0.